The Labute approximate surface area is 191 Å². The van der Waals surface area contributed by atoms with Gasteiger partial charge in [0.15, 0.2) is 17.6 Å². The van der Waals surface area contributed by atoms with Gasteiger partial charge in [0, 0.05) is 7.11 Å². The first-order valence-corrected chi connectivity index (χ1v) is 10.6. The topological polar surface area (TPSA) is 96.8 Å². The number of imidazole rings is 1. The molecule has 33 heavy (non-hydrogen) atoms. The number of halogens is 1. The number of nitrogens with two attached hydrogens (primary N) is 1. The van der Waals surface area contributed by atoms with Crippen molar-refractivity contribution in [1.82, 2.24) is 19.6 Å². The van der Waals surface area contributed by atoms with Crippen molar-refractivity contribution in [3.8, 4) is 0 Å². The van der Waals surface area contributed by atoms with Gasteiger partial charge < -0.3 is 19.9 Å². The SMILES string of the molecule is CO[C@H](COCc1ccccc1)[C@@H](OCc1ccccc1)[C@@H](F)c1cnc2c(N)ncnn12. The molecule has 2 N–H and O–H groups in total. The average Bonchev–Trinajstić information content (AvgIpc) is 3.29. The molecule has 172 valence electrons. The molecule has 9 heteroatoms. The number of methoxy groups -OCH3 is 1. The second-order valence-electron chi connectivity index (χ2n) is 7.50. The van der Waals surface area contributed by atoms with Gasteiger partial charge in [-0.3, -0.25) is 0 Å². The summed E-state index contributed by atoms with van der Waals surface area (Å²) in [6, 6.07) is 19.3. The first kappa shape index (κ1) is 22.8. The Hall–Kier alpha value is -3.40. The number of nitrogen functional groups attached to an aromatic ring is 1. The highest BCUT2D eigenvalue weighted by Crippen LogP contribution is 2.29. The number of anilines is 1. The molecule has 4 aromatic rings. The Kier molecular flexibility index (Phi) is 7.56. The highest BCUT2D eigenvalue weighted by Gasteiger charge is 2.35. The summed E-state index contributed by atoms with van der Waals surface area (Å²) in [6.45, 7) is 0.722. The van der Waals surface area contributed by atoms with Crippen molar-refractivity contribution in [2.24, 2.45) is 0 Å². The lowest BCUT2D eigenvalue weighted by molar-refractivity contribution is -0.125. The second-order valence-corrected chi connectivity index (χ2v) is 7.50. The summed E-state index contributed by atoms with van der Waals surface area (Å²) in [6.07, 6.45) is -0.624. The lowest BCUT2D eigenvalue weighted by Gasteiger charge is -2.28. The predicted octanol–water partition coefficient (Wildman–Crippen LogP) is 3.53. The maximum Gasteiger partial charge on any atom is 0.196 e. The largest absolute Gasteiger partial charge is 0.381 e. The standard InChI is InChI=1S/C24H26FN5O3/c1-31-20(15-32-13-17-8-4-2-5-9-17)22(33-14-18-10-6-3-7-11-18)21(25)19-12-27-24-23(26)28-16-29-30(19)24/h2-12,16,20-22H,13-15H2,1H3,(H2,26,28,29)/t20-,21+,22-/m1/s1. The summed E-state index contributed by atoms with van der Waals surface area (Å²) in [5, 5.41) is 4.11. The van der Waals surface area contributed by atoms with Crippen molar-refractivity contribution < 1.29 is 18.6 Å². The monoisotopic (exact) mass is 451 g/mol. The molecule has 3 atom stereocenters. The van der Waals surface area contributed by atoms with Crippen molar-refractivity contribution in [1.29, 1.82) is 0 Å². The lowest BCUT2D eigenvalue weighted by Crippen LogP contribution is -2.38. The number of hydrogen-bond acceptors (Lipinski definition) is 7. The summed E-state index contributed by atoms with van der Waals surface area (Å²) >= 11 is 0. The van der Waals surface area contributed by atoms with Crippen LogP contribution in [0.3, 0.4) is 0 Å². The molecule has 0 amide bonds. The predicted molar refractivity (Wildman–Crippen MR) is 121 cm³/mol. The fourth-order valence-corrected chi connectivity index (χ4v) is 3.52. The maximum atomic E-state index is 16.0. The van der Waals surface area contributed by atoms with Crippen LogP contribution in [0.2, 0.25) is 0 Å². The van der Waals surface area contributed by atoms with Crippen LogP contribution in [0, 0.1) is 0 Å². The Bertz CT molecular complexity index is 1140. The quantitative estimate of drug-likeness (QED) is 0.373. The van der Waals surface area contributed by atoms with E-state index in [1.165, 1.54) is 24.1 Å². The van der Waals surface area contributed by atoms with E-state index in [4.69, 9.17) is 19.9 Å². The summed E-state index contributed by atoms with van der Waals surface area (Å²) in [5.74, 6) is 0.166. The van der Waals surface area contributed by atoms with E-state index in [1.54, 1.807) is 0 Å². The van der Waals surface area contributed by atoms with Gasteiger partial charge in [0.25, 0.3) is 0 Å². The van der Waals surface area contributed by atoms with Crippen LogP contribution in [-0.4, -0.2) is 45.5 Å². The third kappa shape index (κ3) is 5.51. The average molecular weight is 452 g/mol. The number of alkyl halides is 1. The lowest BCUT2D eigenvalue weighted by atomic mass is 10.1. The maximum absolute atomic E-state index is 16.0. The van der Waals surface area contributed by atoms with Crippen molar-refractivity contribution in [3.63, 3.8) is 0 Å². The van der Waals surface area contributed by atoms with E-state index in [2.05, 4.69) is 15.1 Å². The fraction of sp³-hybridized carbons (Fsp3) is 0.292. The van der Waals surface area contributed by atoms with Gasteiger partial charge in [-0.1, -0.05) is 60.7 Å². The van der Waals surface area contributed by atoms with Gasteiger partial charge in [0.05, 0.1) is 31.7 Å². The Morgan fingerprint density at radius 1 is 0.970 bits per heavy atom. The van der Waals surface area contributed by atoms with E-state index in [0.29, 0.717) is 6.61 Å². The van der Waals surface area contributed by atoms with E-state index >= 15 is 4.39 Å². The molecular weight excluding hydrogens is 425 g/mol. The molecule has 2 heterocycles. The molecule has 8 nitrogen and oxygen atoms in total. The number of aromatic nitrogens is 4. The first-order valence-electron chi connectivity index (χ1n) is 10.6. The van der Waals surface area contributed by atoms with E-state index in [9.17, 15) is 0 Å². The summed E-state index contributed by atoms with van der Waals surface area (Å²) in [7, 11) is 1.51. The minimum absolute atomic E-state index is 0.138. The summed E-state index contributed by atoms with van der Waals surface area (Å²) < 4.78 is 34.8. The van der Waals surface area contributed by atoms with Gasteiger partial charge in [0.2, 0.25) is 0 Å². The Balaban J connectivity index is 1.54. The van der Waals surface area contributed by atoms with Crippen molar-refractivity contribution in [2.45, 2.75) is 31.6 Å². The fourth-order valence-electron chi connectivity index (χ4n) is 3.52. The van der Waals surface area contributed by atoms with Crippen molar-refractivity contribution in [3.05, 3.63) is 90.0 Å². The van der Waals surface area contributed by atoms with Crippen LogP contribution >= 0.6 is 0 Å². The van der Waals surface area contributed by atoms with Crippen LogP contribution in [0.25, 0.3) is 5.65 Å². The molecule has 0 aliphatic carbocycles. The Morgan fingerprint density at radius 3 is 2.30 bits per heavy atom. The minimum atomic E-state index is -1.61. The summed E-state index contributed by atoms with van der Waals surface area (Å²) in [4.78, 5) is 8.08. The molecule has 2 aromatic carbocycles. The van der Waals surface area contributed by atoms with E-state index in [0.717, 1.165) is 11.1 Å². The summed E-state index contributed by atoms with van der Waals surface area (Å²) in [5.41, 5.74) is 8.26. The highest BCUT2D eigenvalue weighted by molar-refractivity contribution is 5.58. The molecule has 0 saturated heterocycles. The second kappa shape index (κ2) is 11.0. The normalized spacial score (nSPS) is 14.2. The zero-order valence-corrected chi connectivity index (χ0v) is 18.3. The number of rotatable bonds is 11. The molecule has 0 bridgehead atoms. The molecule has 0 fully saturated rings. The van der Waals surface area contributed by atoms with E-state index in [-0.39, 0.29) is 30.4 Å². The zero-order valence-electron chi connectivity index (χ0n) is 18.3. The van der Waals surface area contributed by atoms with Crippen LogP contribution in [0.5, 0.6) is 0 Å². The van der Waals surface area contributed by atoms with Crippen LogP contribution in [0.1, 0.15) is 23.0 Å². The van der Waals surface area contributed by atoms with Gasteiger partial charge >= 0.3 is 0 Å². The highest BCUT2D eigenvalue weighted by atomic mass is 19.1. The van der Waals surface area contributed by atoms with Crippen LogP contribution in [-0.2, 0) is 27.4 Å². The molecule has 0 unspecified atom stereocenters. The molecule has 0 aliphatic heterocycles. The first-order chi connectivity index (χ1) is 16.2. The molecular formula is C24H26FN5O3. The molecule has 4 rings (SSSR count). The number of hydrogen-bond donors (Lipinski definition) is 1. The molecule has 0 saturated carbocycles. The van der Waals surface area contributed by atoms with Gasteiger partial charge in [0.1, 0.15) is 18.5 Å². The van der Waals surface area contributed by atoms with Gasteiger partial charge in [-0.15, -0.1) is 0 Å². The van der Waals surface area contributed by atoms with Gasteiger partial charge in [-0.2, -0.15) is 5.10 Å². The van der Waals surface area contributed by atoms with E-state index in [1.807, 2.05) is 60.7 Å². The number of fused-ring (bicyclic) bond motifs is 1. The molecule has 2 aromatic heterocycles. The van der Waals surface area contributed by atoms with Crippen LogP contribution < -0.4 is 5.73 Å². The van der Waals surface area contributed by atoms with Gasteiger partial charge in [-0.25, -0.2) is 18.9 Å². The number of benzene rings is 2. The van der Waals surface area contributed by atoms with E-state index < -0.39 is 18.4 Å². The zero-order chi connectivity index (χ0) is 23.0. The Morgan fingerprint density at radius 2 is 1.64 bits per heavy atom. The minimum Gasteiger partial charge on any atom is -0.381 e. The van der Waals surface area contributed by atoms with Gasteiger partial charge in [-0.05, 0) is 11.1 Å². The third-order valence-electron chi connectivity index (χ3n) is 5.28. The van der Waals surface area contributed by atoms with Crippen LogP contribution in [0.4, 0.5) is 10.2 Å². The third-order valence-corrected chi connectivity index (χ3v) is 5.28. The molecule has 0 aliphatic rings. The van der Waals surface area contributed by atoms with Crippen molar-refractivity contribution >= 4 is 11.5 Å². The van der Waals surface area contributed by atoms with Crippen LogP contribution in [0.15, 0.2) is 73.2 Å². The molecule has 0 radical (unpaired) electrons. The number of nitrogens with zero attached hydrogens (tertiary/aromatic N) is 4. The number of ether oxygens (including phenoxy) is 3. The smallest absolute Gasteiger partial charge is 0.196 e. The molecule has 0 spiro atoms. The van der Waals surface area contributed by atoms with Crippen molar-refractivity contribution in [2.75, 3.05) is 19.5 Å².